The number of thioether (sulfide) groups is 1. The quantitative estimate of drug-likeness (QED) is 0.692. The molecule has 0 aliphatic carbocycles. The molecule has 0 aliphatic heterocycles. The normalized spacial score (nSPS) is 9.31. The Balaban J connectivity index is 2.85. The maximum Gasteiger partial charge on any atom is 0.133 e. The van der Waals surface area contributed by atoms with Gasteiger partial charge in [-0.25, -0.2) is 0 Å². The highest BCUT2D eigenvalue weighted by Gasteiger charge is 2.00. The van der Waals surface area contributed by atoms with Crippen molar-refractivity contribution in [1.82, 2.24) is 0 Å². The van der Waals surface area contributed by atoms with Gasteiger partial charge in [0.25, 0.3) is 0 Å². The van der Waals surface area contributed by atoms with Crippen molar-refractivity contribution < 1.29 is 4.74 Å². The van der Waals surface area contributed by atoms with Gasteiger partial charge in [-0.2, -0.15) is 5.26 Å². The lowest BCUT2D eigenvalue weighted by Crippen LogP contribution is -1.94. The summed E-state index contributed by atoms with van der Waals surface area (Å²) in [5.41, 5.74) is 1.70. The van der Waals surface area contributed by atoms with Gasteiger partial charge in [0.05, 0.1) is 11.6 Å². The standard InChI is InChI=1S/C10H11NOS/c1-8-3-4-9(6-11)5-10(8)12-7-13-2/h3-5H,7H2,1-2H3. The molecule has 3 heteroatoms. The first kappa shape index (κ1) is 9.94. The predicted molar refractivity (Wildman–Crippen MR) is 54.9 cm³/mol. The van der Waals surface area contributed by atoms with Gasteiger partial charge in [-0.15, -0.1) is 11.8 Å². The summed E-state index contributed by atoms with van der Waals surface area (Å²) in [6.07, 6.45) is 1.98. The van der Waals surface area contributed by atoms with E-state index in [-0.39, 0.29) is 0 Å². The maximum atomic E-state index is 8.67. The Hall–Kier alpha value is -1.14. The number of hydrogen-bond donors (Lipinski definition) is 0. The molecule has 0 unspecified atom stereocenters. The average molecular weight is 193 g/mol. The second-order valence-electron chi connectivity index (χ2n) is 2.64. The molecule has 0 N–H and O–H groups in total. The molecule has 2 nitrogen and oxygen atoms in total. The Kier molecular flexibility index (Phi) is 3.66. The van der Waals surface area contributed by atoms with Crippen LogP contribution in [-0.4, -0.2) is 12.2 Å². The second kappa shape index (κ2) is 4.78. The molecule has 13 heavy (non-hydrogen) atoms. The van der Waals surface area contributed by atoms with Crippen LogP contribution in [0.1, 0.15) is 11.1 Å². The van der Waals surface area contributed by atoms with E-state index in [0.717, 1.165) is 11.3 Å². The molecule has 0 saturated heterocycles. The summed E-state index contributed by atoms with van der Waals surface area (Å²) < 4.78 is 5.44. The molecular formula is C10H11NOS. The number of aryl methyl sites for hydroxylation is 1. The Labute approximate surface area is 82.5 Å². The fraction of sp³-hybridized carbons (Fsp3) is 0.300. The Morgan fingerprint density at radius 1 is 1.54 bits per heavy atom. The average Bonchev–Trinajstić information content (AvgIpc) is 2.17. The summed E-state index contributed by atoms with van der Waals surface area (Å²) in [6.45, 7) is 1.97. The first-order chi connectivity index (χ1) is 6.27. The van der Waals surface area contributed by atoms with Crippen LogP contribution in [0.4, 0.5) is 0 Å². The molecule has 0 bridgehead atoms. The van der Waals surface area contributed by atoms with Gasteiger partial charge in [-0.3, -0.25) is 0 Å². The van der Waals surface area contributed by atoms with Gasteiger partial charge in [-0.1, -0.05) is 6.07 Å². The van der Waals surface area contributed by atoms with Gasteiger partial charge in [0.2, 0.25) is 0 Å². The van der Waals surface area contributed by atoms with E-state index < -0.39 is 0 Å². The number of rotatable bonds is 3. The van der Waals surface area contributed by atoms with Crippen molar-refractivity contribution in [2.75, 3.05) is 12.2 Å². The fourth-order valence-corrected chi connectivity index (χ4v) is 1.19. The second-order valence-corrected chi connectivity index (χ2v) is 3.46. The highest BCUT2D eigenvalue weighted by molar-refractivity contribution is 7.98. The van der Waals surface area contributed by atoms with Gasteiger partial charge in [0.15, 0.2) is 0 Å². The van der Waals surface area contributed by atoms with E-state index in [2.05, 4.69) is 6.07 Å². The van der Waals surface area contributed by atoms with Gasteiger partial charge in [0, 0.05) is 0 Å². The Morgan fingerprint density at radius 3 is 2.92 bits per heavy atom. The first-order valence-corrected chi connectivity index (χ1v) is 5.30. The third-order valence-electron chi connectivity index (χ3n) is 1.65. The van der Waals surface area contributed by atoms with Crippen molar-refractivity contribution in [1.29, 1.82) is 5.26 Å². The minimum Gasteiger partial charge on any atom is -0.483 e. The molecular weight excluding hydrogens is 182 g/mol. The maximum absolute atomic E-state index is 8.67. The van der Waals surface area contributed by atoms with E-state index in [1.807, 2.05) is 19.2 Å². The van der Waals surface area contributed by atoms with Crippen LogP contribution >= 0.6 is 11.8 Å². The van der Waals surface area contributed by atoms with E-state index in [1.54, 1.807) is 23.9 Å². The monoisotopic (exact) mass is 193 g/mol. The molecule has 68 valence electrons. The lowest BCUT2D eigenvalue weighted by atomic mass is 10.1. The third-order valence-corrected chi connectivity index (χ3v) is 2.00. The molecule has 1 rings (SSSR count). The number of ether oxygens (including phenoxy) is 1. The minimum atomic E-state index is 0.621. The summed E-state index contributed by atoms with van der Waals surface area (Å²) in [5.74, 6) is 1.42. The summed E-state index contributed by atoms with van der Waals surface area (Å²) in [4.78, 5) is 0. The Bertz CT molecular complexity index is 330. The molecule has 0 aromatic heterocycles. The smallest absolute Gasteiger partial charge is 0.133 e. The zero-order valence-electron chi connectivity index (χ0n) is 7.70. The number of nitrogens with zero attached hydrogens (tertiary/aromatic N) is 1. The van der Waals surface area contributed by atoms with Gasteiger partial charge < -0.3 is 4.74 Å². The number of benzene rings is 1. The summed E-state index contributed by atoms with van der Waals surface area (Å²) >= 11 is 1.61. The molecule has 1 aromatic rings. The SMILES string of the molecule is CSCOc1cc(C#N)ccc1C. The number of nitriles is 1. The first-order valence-electron chi connectivity index (χ1n) is 3.90. The van der Waals surface area contributed by atoms with Crippen molar-refractivity contribution in [3.8, 4) is 11.8 Å². The van der Waals surface area contributed by atoms with Crippen LogP contribution in [0, 0.1) is 18.3 Å². The van der Waals surface area contributed by atoms with E-state index in [0.29, 0.717) is 11.5 Å². The Morgan fingerprint density at radius 2 is 2.31 bits per heavy atom. The largest absolute Gasteiger partial charge is 0.483 e. The fourth-order valence-electron chi connectivity index (χ4n) is 0.948. The summed E-state index contributed by atoms with van der Waals surface area (Å²) in [6, 6.07) is 7.54. The molecule has 0 saturated carbocycles. The molecule has 0 amide bonds. The summed E-state index contributed by atoms with van der Waals surface area (Å²) in [5, 5.41) is 8.67. The van der Waals surface area contributed by atoms with E-state index >= 15 is 0 Å². The molecule has 0 fully saturated rings. The topological polar surface area (TPSA) is 33.0 Å². The van der Waals surface area contributed by atoms with Crippen LogP contribution in [0.5, 0.6) is 5.75 Å². The molecule has 0 aliphatic rings. The summed E-state index contributed by atoms with van der Waals surface area (Å²) in [7, 11) is 0. The van der Waals surface area contributed by atoms with Crippen LogP contribution in [0.3, 0.4) is 0 Å². The van der Waals surface area contributed by atoms with Crippen molar-refractivity contribution in [2.24, 2.45) is 0 Å². The molecule has 0 heterocycles. The van der Waals surface area contributed by atoms with Crippen LogP contribution < -0.4 is 4.74 Å². The lowest BCUT2D eigenvalue weighted by Gasteiger charge is -2.07. The van der Waals surface area contributed by atoms with E-state index in [4.69, 9.17) is 10.00 Å². The van der Waals surface area contributed by atoms with Gasteiger partial charge in [-0.05, 0) is 30.9 Å². The van der Waals surface area contributed by atoms with Crippen molar-refractivity contribution in [3.05, 3.63) is 29.3 Å². The van der Waals surface area contributed by atoms with Crippen molar-refractivity contribution in [2.45, 2.75) is 6.92 Å². The van der Waals surface area contributed by atoms with Gasteiger partial charge >= 0.3 is 0 Å². The zero-order valence-corrected chi connectivity index (χ0v) is 8.52. The molecule has 0 atom stereocenters. The van der Waals surface area contributed by atoms with Crippen molar-refractivity contribution >= 4 is 11.8 Å². The zero-order chi connectivity index (χ0) is 9.68. The lowest BCUT2D eigenvalue weighted by molar-refractivity contribution is 0.390. The molecule has 0 radical (unpaired) electrons. The molecule has 0 spiro atoms. The minimum absolute atomic E-state index is 0.621. The third kappa shape index (κ3) is 2.67. The van der Waals surface area contributed by atoms with Crippen LogP contribution in [0.25, 0.3) is 0 Å². The van der Waals surface area contributed by atoms with Crippen molar-refractivity contribution in [3.63, 3.8) is 0 Å². The van der Waals surface area contributed by atoms with E-state index in [9.17, 15) is 0 Å². The number of hydrogen-bond acceptors (Lipinski definition) is 3. The van der Waals surface area contributed by atoms with Crippen LogP contribution in [0.15, 0.2) is 18.2 Å². The van der Waals surface area contributed by atoms with Crippen LogP contribution in [0.2, 0.25) is 0 Å². The van der Waals surface area contributed by atoms with Crippen LogP contribution in [-0.2, 0) is 0 Å². The van der Waals surface area contributed by atoms with Gasteiger partial charge in [0.1, 0.15) is 11.7 Å². The van der Waals surface area contributed by atoms with E-state index in [1.165, 1.54) is 0 Å². The predicted octanol–water partition coefficient (Wildman–Crippen LogP) is 2.57. The molecule has 1 aromatic carbocycles. The highest BCUT2D eigenvalue weighted by atomic mass is 32.2. The highest BCUT2D eigenvalue weighted by Crippen LogP contribution is 2.19.